The fourth-order valence-electron chi connectivity index (χ4n) is 1.61. The van der Waals surface area contributed by atoms with E-state index in [2.05, 4.69) is 24.8 Å². The molecule has 2 rings (SSSR count). The highest BCUT2D eigenvalue weighted by Crippen LogP contribution is 2.37. The quantitative estimate of drug-likeness (QED) is 0.439. The number of hydrogen-bond acceptors (Lipinski definition) is 2. The van der Waals surface area contributed by atoms with Crippen LogP contribution in [-0.2, 0) is 0 Å². The van der Waals surface area contributed by atoms with Gasteiger partial charge in [0.2, 0.25) is 0 Å². The zero-order valence-corrected chi connectivity index (χ0v) is 7.79. The second kappa shape index (κ2) is 2.59. The summed E-state index contributed by atoms with van der Waals surface area (Å²) < 4.78 is 3.23. The van der Waals surface area contributed by atoms with E-state index in [0.717, 1.165) is 5.25 Å². The van der Waals surface area contributed by atoms with Crippen molar-refractivity contribution in [3.63, 3.8) is 0 Å². The molecule has 1 unspecified atom stereocenters. The molecular weight excluding hydrogens is 154 g/mol. The first kappa shape index (κ1) is 7.29. The van der Waals surface area contributed by atoms with Crippen molar-refractivity contribution in [3.05, 3.63) is 22.9 Å². The lowest BCUT2D eigenvalue weighted by Crippen LogP contribution is -2.10. The van der Waals surface area contributed by atoms with Crippen LogP contribution in [0.25, 0.3) is 0 Å². The molecule has 0 aromatic heterocycles. The van der Waals surface area contributed by atoms with Crippen LogP contribution in [0, 0.1) is 0 Å². The SMILES string of the molecule is CC1=C(C)CC2SNC=C2C1. The van der Waals surface area contributed by atoms with Gasteiger partial charge in [-0.25, -0.2) is 0 Å². The average molecular weight is 167 g/mol. The highest BCUT2D eigenvalue weighted by Gasteiger charge is 2.25. The normalized spacial score (nSPS) is 29.6. The van der Waals surface area contributed by atoms with Crippen LogP contribution in [0.4, 0.5) is 0 Å². The summed E-state index contributed by atoms with van der Waals surface area (Å²) in [7, 11) is 0. The highest BCUT2D eigenvalue weighted by atomic mass is 32.2. The van der Waals surface area contributed by atoms with Gasteiger partial charge in [-0.2, -0.15) is 0 Å². The number of fused-ring (bicyclic) bond motifs is 1. The molecule has 0 saturated carbocycles. The lowest BCUT2D eigenvalue weighted by atomic mass is 9.90. The molecule has 0 aromatic carbocycles. The molecule has 1 N–H and O–H groups in total. The second-order valence-corrected chi connectivity index (χ2v) is 4.43. The van der Waals surface area contributed by atoms with Crippen molar-refractivity contribution in [3.8, 4) is 0 Å². The molecular formula is C9H13NS. The Kier molecular flexibility index (Phi) is 1.72. The van der Waals surface area contributed by atoms with E-state index >= 15 is 0 Å². The van der Waals surface area contributed by atoms with Crippen LogP contribution in [0.15, 0.2) is 22.9 Å². The molecule has 60 valence electrons. The summed E-state index contributed by atoms with van der Waals surface area (Å²) in [6.45, 7) is 4.50. The topological polar surface area (TPSA) is 12.0 Å². The predicted octanol–water partition coefficient (Wildman–Crippen LogP) is 2.62. The van der Waals surface area contributed by atoms with Crippen LogP contribution in [0.3, 0.4) is 0 Å². The van der Waals surface area contributed by atoms with E-state index in [1.807, 2.05) is 11.9 Å². The van der Waals surface area contributed by atoms with Crippen molar-refractivity contribution in [1.29, 1.82) is 0 Å². The maximum absolute atomic E-state index is 3.23. The summed E-state index contributed by atoms with van der Waals surface area (Å²) in [6.07, 6.45) is 4.61. The Labute approximate surface area is 72.1 Å². The van der Waals surface area contributed by atoms with Gasteiger partial charge in [0.05, 0.1) is 5.25 Å². The van der Waals surface area contributed by atoms with Crippen molar-refractivity contribution in [1.82, 2.24) is 4.72 Å². The molecule has 0 fully saturated rings. The molecule has 1 aliphatic carbocycles. The van der Waals surface area contributed by atoms with E-state index in [9.17, 15) is 0 Å². The lowest BCUT2D eigenvalue weighted by Gasteiger charge is -2.21. The van der Waals surface area contributed by atoms with Crippen molar-refractivity contribution in [2.45, 2.75) is 31.9 Å². The van der Waals surface area contributed by atoms with Gasteiger partial charge in [0, 0.05) is 6.20 Å². The smallest absolute Gasteiger partial charge is 0.0512 e. The van der Waals surface area contributed by atoms with E-state index in [-0.39, 0.29) is 0 Å². The summed E-state index contributed by atoms with van der Waals surface area (Å²) in [6, 6.07) is 0. The van der Waals surface area contributed by atoms with Crippen LogP contribution < -0.4 is 4.72 Å². The van der Waals surface area contributed by atoms with Crippen LogP contribution in [0.1, 0.15) is 26.7 Å². The van der Waals surface area contributed by atoms with Gasteiger partial charge in [-0.05, 0) is 44.2 Å². The minimum absolute atomic E-state index is 0.735. The zero-order chi connectivity index (χ0) is 7.84. The Balaban J connectivity index is 2.24. The Hall–Kier alpha value is -0.370. The first-order valence-electron chi connectivity index (χ1n) is 4.02. The van der Waals surface area contributed by atoms with E-state index in [4.69, 9.17) is 0 Å². The number of hydrogen-bond donors (Lipinski definition) is 1. The molecule has 1 aliphatic heterocycles. The maximum atomic E-state index is 3.23. The van der Waals surface area contributed by atoms with E-state index < -0.39 is 0 Å². The first-order valence-corrected chi connectivity index (χ1v) is 4.90. The fourth-order valence-corrected chi connectivity index (χ4v) is 2.63. The summed E-state index contributed by atoms with van der Waals surface area (Å²) in [5.74, 6) is 0. The van der Waals surface area contributed by atoms with Crippen molar-refractivity contribution in [2.24, 2.45) is 0 Å². The Bertz CT molecular complexity index is 240. The minimum atomic E-state index is 0.735. The summed E-state index contributed by atoms with van der Waals surface area (Å²) in [5, 5.41) is 0.735. The second-order valence-electron chi connectivity index (χ2n) is 3.39. The average Bonchev–Trinajstić information content (AvgIpc) is 2.36. The van der Waals surface area contributed by atoms with Gasteiger partial charge in [-0.1, -0.05) is 11.1 Å². The molecule has 0 saturated heterocycles. The van der Waals surface area contributed by atoms with Crippen LogP contribution >= 0.6 is 11.9 Å². The Morgan fingerprint density at radius 3 is 3.09 bits per heavy atom. The van der Waals surface area contributed by atoms with Gasteiger partial charge in [-0.15, -0.1) is 0 Å². The van der Waals surface area contributed by atoms with E-state index in [1.54, 1.807) is 16.7 Å². The Morgan fingerprint density at radius 2 is 2.27 bits per heavy atom. The molecule has 0 aromatic rings. The van der Waals surface area contributed by atoms with Crippen LogP contribution in [-0.4, -0.2) is 5.25 Å². The number of allylic oxidation sites excluding steroid dienone is 2. The molecule has 0 amide bonds. The lowest BCUT2D eigenvalue weighted by molar-refractivity contribution is 0.834. The van der Waals surface area contributed by atoms with E-state index in [1.165, 1.54) is 12.8 Å². The number of nitrogens with one attached hydrogen (secondary N) is 1. The molecule has 2 aliphatic rings. The van der Waals surface area contributed by atoms with Crippen LogP contribution in [0.5, 0.6) is 0 Å². The van der Waals surface area contributed by atoms with Crippen molar-refractivity contribution < 1.29 is 0 Å². The van der Waals surface area contributed by atoms with Gasteiger partial charge >= 0.3 is 0 Å². The van der Waals surface area contributed by atoms with Crippen molar-refractivity contribution in [2.75, 3.05) is 0 Å². The van der Waals surface area contributed by atoms with E-state index in [0.29, 0.717) is 0 Å². The highest BCUT2D eigenvalue weighted by molar-refractivity contribution is 7.98. The van der Waals surface area contributed by atoms with Crippen LogP contribution in [0.2, 0.25) is 0 Å². The summed E-state index contributed by atoms with van der Waals surface area (Å²) in [4.78, 5) is 0. The predicted molar refractivity (Wildman–Crippen MR) is 50.2 cm³/mol. The largest absolute Gasteiger partial charge is 0.336 e. The zero-order valence-electron chi connectivity index (χ0n) is 6.98. The third-order valence-corrected chi connectivity index (χ3v) is 3.57. The summed E-state index contributed by atoms with van der Waals surface area (Å²) >= 11 is 1.86. The Morgan fingerprint density at radius 1 is 1.45 bits per heavy atom. The van der Waals surface area contributed by atoms with Gasteiger partial charge in [0.25, 0.3) is 0 Å². The molecule has 1 atom stereocenters. The van der Waals surface area contributed by atoms with Gasteiger partial charge in [0.1, 0.15) is 0 Å². The maximum Gasteiger partial charge on any atom is 0.0512 e. The summed E-state index contributed by atoms with van der Waals surface area (Å²) in [5.41, 5.74) is 4.73. The molecule has 0 spiro atoms. The molecule has 1 heterocycles. The molecule has 0 radical (unpaired) electrons. The van der Waals surface area contributed by atoms with Gasteiger partial charge in [-0.3, -0.25) is 0 Å². The first-order chi connectivity index (χ1) is 5.27. The molecule has 2 heteroatoms. The molecule has 0 bridgehead atoms. The molecule has 11 heavy (non-hydrogen) atoms. The van der Waals surface area contributed by atoms with Crippen molar-refractivity contribution >= 4 is 11.9 Å². The monoisotopic (exact) mass is 167 g/mol. The minimum Gasteiger partial charge on any atom is -0.336 e. The third-order valence-electron chi connectivity index (χ3n) is 2.56. The van der Waals surface area contributed by atoms with Gasteiger partial charge < -0.3 is 4.72 Å². The van der Waals surface area contributed by atoms with Gasteiger partial charge in [0.15, 0.2) is 0 Å². The third kappa shape index (κ3) is 1.20. The number of rotatable bonds is 0. The molecule has 1 nitrogen and oxygen atoms in total. The standard InChI is InChI=1S/C9H13NS/c1-6-3-8-5-10-11-9(8)4-7(6)2/h5,9-10H,3-4H2,1-2H3. The fraction of sp³-hybridized carbons (Fsp3) is 0.556.